The van der Waals surface area contributed by atoms with Crippen molar-refractivity contribution in [1.82, 2.24) is 24.9 Å². The van der Waals surface area contributed by atoms with E-state index in [1.54, 1.807) is 102 Å². The van der Waals surface area contributed by atoms with Gasteiger partial charge in [0.15, 0.2) is 10.8 Å². The zero-order valence-electron chi connectivity index (χ0n) is 41.1. The number of β-lactam (4-membered cyclic amide) rings is 1. The van der Waals surface area contributed by atoms with E-state index in [9.17, 15) is 36.9 Å². The second-order valence-corrected chi connectivity index (χ2v) is 21.9. The van der Waals surface area contributed by atoms with Crippen molar-refractivity contribution in [2.75, 3.05) is 31.6 Å². The molecule has 4 heterocycles. The Labute approximate surface area is 413 Å². The van der Waals surface area contributed by atoms with Crippen LogP contribution in [-0.2, 0) is 61.2 Å². The van der Waals surface area contributed by atoms with Crippen molar-refractivity contribution >= 4 is 62.5 Å². The number of azide groups is 1. The van der Waals surface area contributed by atoms with Crippen LogP contribution in [0.25, 0.3) is 21.6 Å². The number of anilines is 1. The minimum Gasteiger partial charge on any atom is -0.489 e. The zero-order chi connectivity index (χ0) is 52.9. The van der Waals surface area contributed by atoms with Crippen LogP contribution in [0.3, 0.4) is 0 Å². The standard InChI is InChI=1S/C43H58FN11O14S2/c1-39(2,3)65-35(58)30(68-50-31(29-22-70-36(47-29)49-37(59)66-40(4,5)6)33(56)48-32-34(57)55(42(32,10)11)69-71(61,62)63)21-64-28-15-13-26(14-16-28)27-19-53(18-12-17-46-51-45)54(20-27)25-43(44)23-52(24-43)38(60)67-41(7,8)9/h13-16,19-20,22,30,32H,12,17-18,21,23-25H2,1-11H3,(H2-,47,48,49,56,59,61,62,63)/p+1/b50-31-. The van der Waals surface area contributed by atoms with Crippen molar-refractivity contribution in [3.05, 3.63) is 58.2 Å². The third kappa shape index (κ3) is 15.7. The molecule has 2 saturated heterocycles. The number of esters is 1. The number of halogens is 1. The molecule has 5 rings (SSSR count). The minimum absolute atomic E-state index is 0.0361. The molecule has 25 nitrogen and oxygen atoms in total. The summed E-state index contributed by atoms with van der Waals surface area (Å²) in [7, 11) is -5.11. The molecular formula is C43H59FN11O14S2+. The normalized spacial score (nSPS) is 17.2. The first kappa shape index (κ1) is 55.3. The lowest BCUT2D eigenvalue weighted by atomic mass is 9.84. The number of hydrogen-bond acceptors (Lipinski definition) is 17. The monoisotopic (exact) mass is 1040 g/mol. The highest BCUT2D eigenvalue weighted by Gasteiger charge is 2.58. The number of oxime groups is 1. The molecule has 3 N–H and O–H groups in total. The Morgan fingerprint density at radius 1 is 1.01 bits per heavy atom. The van der Waals surface area contributed by atoms with E-state index < -0.39 is 92.8 Å². The Balaban J connectivity index is 1.37. The van der Waals surface area contributed by atoms with Crippen LogP contribution < -0.4 is 20.1 Å². The van der Waals surface area contributed by atoms with Crippen LogP contribution in [0.1, 0.15) is 88.3 Å². The van der Waals surface area contributed by atoms with Gasteiger partial charge in [-0.3, -0.25) is 19.5 Å². The summed E-state index contributed by atoms with van der Waals surface area (Å²) in [4.78, 5) is 79.5. The number of amides is 4. The maximum atomic E-state index is 16.0. The van der Waals surface area contributed by atoms with Gasteiger partial charge in [-0.05, 0) is 106 Å². The van der Waals surface area contributed by atoms with E-state index in [4.69, 9.17) is 29.3 Å². The summed E-state index contributed by atoms with van der Waals surface area (Å²) in [5.74, 6) is -2.84. The molecular weight excluding hydrogens is 978 g/mol. The Hall–Kier alpha value is -6.61. The number of rotatable bonds is 19. The van der Waals surface area contributed by atoms with Crippen LogP contribution in [-0.4, -0.2) is 135 Å². The predicted octanol–water partition coefficient (Wildman–Crippen LogP) is 5.26. The molecule has 0 radical (unpaired) electrons. The average molecular weight is 1040 g/mol. The number of carbonyl (C=O) groups excluding carboxylic acids is 5. The molecule has 0 saturated carbocycles. The van der Waals surface area contributed by atoms with Crippen molar-refractivity contribution in [2.45, 2.75) is 136 Å². The average Bonchev–Trinajstić information content (AvgIpc) is 3.85. The smallest absolute Gasteiger partial charge is 0.418 e. The molecule has 2 aromatic heterocycles. The highest BCUT2D eigenvalue weighted by Crippen LogP contribution is 2.33. The predicted molar refractivity (Wildman–Crippen MR) is 251 cm³/mol. The van der Waals surface area contributed by atoms with Gasteiger partial charge in [-0.2, -0.15) is 18.2 Å². The van der Waals surface area contributed by atoms with Crippen molar-refractivity contribution in [1.29, 1.82) is 0 Å². The summed E-state index contributed by atoms with van der Waals surface area (Å²) in [6, 6.07) is 5.22. The van der Waals surface area contributed by atoms with Crippen LogP contribution in [0.2, 0.25) is 0 Å². The number of likely N-dealkylation sites (tertiary alicyclic amines) is 1. The number of nitrogens with zero attached hydrogens (tertiary/aromatic N) is 9. The summed E-state index contributed by atoms with van der Waals surface area (Å²) in [6.45, 7) is 17.3. The summed E-state index contributed by atoms with van der Waals surface area (Å²) < 4.78 is 78.0. The number of aromatic nitrogens is 3. The molecule has 0 spiro atoms. The van der Waals surface area contributed by atoms with E-state index in [2.05, 4.69) is 35.1 Å². The minimum atomic E-state index is -5.11. The van der Waals surface area contributed by atoms with E-state index >= 15 is 4.39 Å². The molecule has 2 fully saturated rings. The number of hydrogen-bond donors (Lipinski definition) is 3. The summed E-state index contributed by atoms with van der Waals surface area (Å²) >= 11 is 0.869. The molecule has 3 aromatic rings. The summed E-state index contributed by atoms with van der Waals surface area (Å²) in [5, 5.41) is 14.1. The number of benzene rings is 1. The van der Waals surface area contributed by atoms with Gasteiger partial charge in [-0.25, -0.2) is 23.8 Å². The molecule has 0 aliphatic carbocycles. The Kier molecular flexibility index (Phi) is 16.7. The maximum Gasteiger partial charge on any atom is 0.418 e. The van der Waals surface area contributed by atoms with Gasteiger partial charge in [0, 0.05) is 16.8 Å². The fraction of sp³-hybridized carbons (Fsp3) is 0.581. The molecule has 4 amide bonds. The third-order valence-electron chi connectivity index (χ3n) is 9.88. The first-order chi connectivity index (χ1) is 32.7. The molecule has 0 bridgehead atoms. The topological polar surface area (TPSA) is 308 Å². The summed E-state index contributed by atoms with van der Waals surface area (Å²) in [5.41, 5.74) is 3.46. The molecule has 28 heteroatoms. The maximum absolute atomic E-state index is 16.0. The fourth-order valence-corrected chi connectivity index (χ4v) is 7.94. The number of aryl methyl sites for hydroxylation is 1. The number of carbonyl (C=O) groups is 5. The van der Waals surface area contributed by atoms with Gasteiger partial charge >= 0.3 is 28.6 Å². The van der Waals surface area contributed by atoms with E-state index in [0.29, 0.717) is 29.2 Å². The van der Waals surface area contributed by atoms with Gasteiger partial charge in [0.05, 0.1) is 36.9 Å². The molecule has 388 valence electrons. The van der Waals surface area contributed by atoms with Crippen LogP contribution in [0, 0.1) is 0 Å². The van der Waals surface area contributed by atoms with E-state index in [-0.39, 0.29) is 42.8 Å². The lowest BCUT2D eigenvalue weighted by Gasteiger charge is -2.50. The Bertz CT molecular complexity index is 2660. The molecule has 2 aliphatic rings. The van der Waals surface area contributed by atoms with Gasteiger partial charge in [0.2, 0.25) is 18.4 Å². The van der Waals surface area contributed by atoms with Crippen molar-refractivity contribution in [2.24, 2.45) is 10.3 Å². The van der Waals surface area contributed by atoms with Crippen LogP contribution >= 0.6 is 11.3 Å². The van der Waals surface area contributed by atoms with Gasteiger partial charge in [0.1, 0.15) is 40.9 Å². The number of alkyl halides is 1. The highest BCUT2D eigenvalue weighted by atomic mass is 32.3. The first-order valence-electron chi connectivity index (χ1n) is 22.0. The van der Waals surface area contributed by atoms with Crippen molar-refractivity contribution in [3.63, 3.8) is 0 Å². The van der Waals surface area contributed by atoms with Crippen LogP contribution in [0.5, 0.6) is 5.75 Å². The Morgan fingerprint density at radius 2 is 1.65 bits per heavy atom. The van der Waals surface area contributed by atoms with Crippen LogP contribution in [0.4, 0.5) is 19.1 Å². The van der Waals surface area contributed by atoms with Crippen molar-refractivity contribution < 1.29 is 74.1 Å². The quantitative estimate of drug-likeness (QED) is 0.0118. The zero-order valence-corrected chi connectivity index (χ0v) is 42.8. The molecule has 71 heavy (non-hydrogen) atoms. The van der Waals surface area contributed by atoms with E-state index in [1.165, 1.54) is 24.1 Å². The van der Waals surface area contributed by atoms with E-state index in [0.717, 1.165) is 11.3 Å². The molecule has 2 atom stereocenters. The number of nitrogens with one attached hydrogen (secondary N) is 2. The largest absolute Gasteiger partial charge is 0.489 e. The number of ether oxygens (including phenoxy) is 4. The summed E-state index contributed by atoms with van der Waals surface area (Å²) in [6.07, 6.45) is 0.924. The second kappa shape index (κ2) is 21.4. The number of thiazole rings is 1. The van der Waals surface area contributed by atoms with Gasteiger partial charge < -0.3 is 34.0 Å². The van der Waals surface area contributed by atoms with Gasteiger partial charge in [-0.1, -0.05) is 22.4 Å². The first-order valence-corrected chi connectivity index (χ1v) is 24.2. The number of hydroxylamine groups is 2. The van der Waals surface area contributed by atoms with Gasteiger partial charge in [0.25, 0.3) is 17.9 Å². The lowest BCUT2D eigenvalue weighted by Crippen LogP contribution is -2.76. The van der Waals surface area contributed by atoms with E-state index in [1.807, 2.05) is 6.20 Å². The van der Waals surface area contributed by atoms with Crippen molar-refractivity contribution in [3.8, 4) is 16.9 Å². The molecule has 2 unspecified atom stereocenters. The SMILES string of the molecule is CC(C)(C)OC(=O)Nc1nc(/C(=N/OC(COc2ccc(-c3cn(CCCN=[N+]=[N-])[n+](CC4(F)CN(C(=O)OC(C)(C)C)C4)c3)cc2)C(=O)OC(C)(C)C)C(=O)NC2C(=O)N(OS(=O)(=O)O)C2(C)C)cs1. The highest BCUT2D eigenvalue weighted by molar-refractivity contribution is 7.80. The lowest BCUT2D eigenvalue weighted by molar-refractivity contribution is -0.785. The third-order valence-corrected chi connectivity index (χ3v) is 11.0. The molecule has 2 aliphatic heterocycles. The molecule has 1 aromatic carbocycles. The fourth-order valence-electron chi connectivity index (χ4n) is 6.81. The Morgan fingerprint density at radius 3 is 2.23 bits per heavy atom. The second-order valence-electron chi connectivity index (χ2n) is 20.0. The van der Waals surface area contributed by atoms with Crippen LogP contribution in [0.15, 0.2) is 52.3 Å². The van der Waals surface area contributed by atoms with Gasteiger partial charge in [-0.15, -0.1) is 20.3 Å².